The standard InChI is InChI=1S/C12H16ClN5O2/c1-4-17-6-9(14)11(19)18(12(17)20)5-8-7(2)15-16(3)10(8)13/h6H,4-5,14H2,1-3H3. The molecule has 0 aliphatic rings. The summed E-state index contributed by atoms with van der Waals surface area (Å²) < 4.78 is 3.97. The Morgan fingerprint density at radius 3 is 2.55 bits per heavy atom. The number of hydrogen-bond acceptors (Lipinski definition) is 4. The Hall–Kier alpha value is -2.02. The van der Waals surface area contributed by atoms with Gasteiger partial charge < -0.3 is 5.73 Å². The van der Waals surface area contributed by atoms with Gasteiger partial charge in [-0.2, -0.15) is 5.10 Å². The number of hydrogen-bond donors (Lipinski definition) is 1. The molecule has 2 aromatic heterocycles. The van der Waals surface area contributed by atoms with Gasteiger partial charge in [0.2, 0.25) is 0 Å². The molecule has 0 amide bonds. The Labute approximate surface area is 120 Å². The highest BCUT2D eigenvalue weighted by molar-refractivity contribution is 6.30. The van der Waals surface area contributed by atoms with Gasteiger partial charge in [-0.1, -0.05) is 11.6 Å². The van der Waals surface area contributed by atoms with Gasteiger partial charge in [0.1, 0.15) is 10.8 Å². The normalized spacial score (nSPS) is 11.0. The van der Waals surface area contributed by atoms with Crippen molar-refractivity contribution in [1.29, 1.82) is 0 Å². The first-order chi connectivity index (χ1) is 9.36. The Balaban J connectivity index is 2.62. The number of nitrogens with zero attached hydrogens (tertiary/aromatic N) is 4. The van der Waals surface area contributed by atoms with Gasteiger partial charge in [0, 0.05) is 25.4 Å². The molecule has 2 N–H and O–H groups in total. The van der Waals surface area contributed by atoms with Gasteiger partial charge in [0.15, 0.2) is 0 Å². The fourth-order valence-corrected chi connectivity index (χ4v) is 2.29. The van der Waals surface area contributed by atoms with Crippen molar-refractivity contribution in [2.24, 2.45) is 7.05 Å². The molecule has 0 saturated heterocycles. The minimum Gasteiger partial charge on any atom is -0.393 e. The maximum absolute atomic E-state index is 12.2. The molecular weight excluding hydrogens is 282 g/mol. The van der Waals surface area contributed by atoms with Crippen LogP contribution in [0.2, 0.25) is 5.15 Å². The van der Waals surface area contributed by atoms with Gasteiger partial charge in [-0.15, -0.1) is 0 Å². The number of anilines is 1. The van der Waals surface area contributed by atoms with E-state index in [2.05, 4.69) is 5.10 Å². The number of rotatable bonds is 3. The Kier molecular flexibility index (Phi) is 3.71. The summed E-state index contributed by atoms with van der Waals surface area (Å²) in [6.07, 6.45) is 1.36. The van der Waals surface area contributed by atoms with E-state index in [0.717, 1.165) is 4.57 Å². The van der Waals surface area contributed by atoms with Crippen LogP contribution in [0.5, 0.6) is 0 Å². The van der Waals surface area contributed by atoms with Crippen LogP contribution in [0, 0.1) is 6.92 Å². The predicted molar refractivity (Wildman–Crippen MR) is 77.1 cm³/mol. The largest absolute Gasteiger partial charge is 0.393 e. The van der Waals surface area contributed by atoms with Crippen LogP contribution >= 0.6 is 11.6 Å². The van der Waals surface area contributed by atoms with Crippen LogP contribution in [-0.2, 0) is 20.1 Å². The van der Waals surface area contributed by atoms with E-state index in [0.29, 0.717) is 23.0 Å². The maximum atomic E-state index is 12.2. The van der Waals surface area contributed by atoms with Gasteiger partial charge in [0.25, 0.3) is 5.56 Å². The zero-order valence-electron chi connectivity index (χ0n) is 11.6. The number of aryl methyl sites for hydroxylation is 3. The number of nitrogens with two attached hydrogens (primary N) is 1. The van der Waals surface area contributed by atoms with Crippen molar-refractivity contribution in [2.45, 2.75) is 26.9 Å². The van der Waals surface area contributed by atoms with Crippen LogP contribution in [0.1, 0.15) is 18.2 Å². The lowest BCUT2D eigenvalue weighted by Crippen LogP contribution is -2.40. The summed E-state index contributed by atoms with van der Waals surface area (Å²) in [5.74, 6) is 0. The smallest absolute Gasteiger partial charge is 0.331 e. The van der Waals surface area contributed by atoms with Crippen LogP contribution in [0.15, 0.2) is 15.8 Å². The quantitative estimate of drug-likeness (QED) is 0.886. The first-order valence-electron chi connectivity index (χ1n) is 6.14. The van der Waals surface area contributed by atoms with Crippen molar-refractivity contribution in [3.05, 3.63) is 43.4 Å². The van der Waals surface area contributed by atoms with Crippen LogP contribution in [0.25, 0.3) is 0 Å². The highest BCUT2D eigenvalue weighted by Crippen LogP contribution is 2.18. The molecule has 0 spiro atoms. The van der Waals surface area contributed by atoms with Crippen molar-refractivity contribution in [3.63, 3.8) is 0 Å². The molecule has 0 unspecified atom stereocenters. The molecule has 2 heterocycles. The first-order valence-corrected chi connectivity index (χ1v) is 6.52. The maximum Gasteiger partial charge on any atom is 0.331 e. The summed E-state index contributed by atoms with van der Waals surface area (Å²) in [5, 5.41) is 4.56. The average molecular weight is 298 g/mol. The van der Waals surface area contributed by atoms with Crippen molar-refractivity contribution in [2.75, 3.05) is 5.73 Å². The summed E-state index contributed by atoms with van der Waals surface area (Å²) in [4.78, 5) is 24.3. The molecule has 8 heteroatoms. The molecule has 0 aliphatic heterocycles. The predicted octanol–water partition coefficient (Wildman–Crippen LogP) is 0.356. The zero-order valence-corrected chi connectivity index (χ0v) is 12.3. The van der Waals surface area contributed by atoms with Crippen molar-refractivity contribution in [3.8, 4) is 0 Å². The molecule has 2 aromatic rings. The average Bonchev–Trinajstić information content (AvgIpc) is 2.64. The van der Waals surface area contributed by atoms with E-state index in [4.69, 9.17) is 17.3 Å². The van der Waals surface area contributed by atoms with E-state index in [9.17, 15) is 9.59 Å². The molecule has 0 saturated carbocycles. The van der Waals surface area contributed by atoms with Gasteiger partial charge in [-0.3, -0.25) is 18.6 Å². The molecule has 2 rings (SSSR count). The first kappa shape index (κ1) is 14.4. The molecule has 0 radical (unpaired) electrons. The minimum atomic E-state index is -0.515. The van der Waals surface area contributed by atoms with Gasteiger partial charge in [0.05, 0.1) is 12.2 Å². The van der Waals surface area contributed by atoms with Gasteiger partial charge in [-0.05, 0) is 13.8 Å². The number of nitrogen functional groups attached to an aromatic ring is 1. The van der Waals surface area contributed by atoms with Crippen LogP contribution in [0.4, 0.5) is 5.69 Å². The lowest BCUT2D eigenvalue weighted by Gasteiger charge is -2.10. The van der Waals surface area contributed by atoms with Crippen LogP contribution < -0.4 is 17.0 Å². The summed E-state index contributed by atoms with van der Waals surface area (Å²) in [5.41, 5.74) is 6.08. The van der Waals surface area contributed by atoms with E-state index in [-0.39, 0.29) is 12.2 Å². The van der Waals surface area contributed by atoms with Gasteiger partial charge >= 0.3 is 5.69 Å². The number of halogens is 1. The molecule has 0 atom stereocenters. The van der Waals surface area contributed by atoms with E-state index >= 15 is 0 Å². The molecular formula is C12H16ClN5O2. The topological polar surface area (TPSA) is 87.8 Å². The Morgan fingerprint density at radius 2 is 2.05 bits per heavy atom. The number of aromatic nitrogens is 4. The molecule has 7 nitrogen and oxygen atoms in total. The lowest BCUT2D eigenvalue weighted by molar-refractivity contribution is 0.602. The van der Waals surface area contributed by atoms with Crippen LogP contribution in [-0.4, -0.2) is 18.9 Å². The highest BCUT2D eigenvalue weighted by atomic mass is 35.5. The van der Waals surface area contributed by atoms with Crippen LogP contribution in [0.3, 0.4) is 0 Å². The molecule has 108 valence electrons. The zero-order chi connectivity index (χ0) is 15.0. The molecule has 20 heavy (non-hydrogen) atoms. The molecule has 0 fully saturated rings. The van der Waals surface area contributed by atoms with E-state index < -0.39 is 11.2 Å². The third-order valence-corrected chi connectivity index (χ3v) is 3.66. The Bertz CT molecular complexity index is 771. The molecule has 0 aromatic carbocycles. The second-order valence-electron chi connectivity index (χ2n) is 4.52. The molecule has 0 aliphatic carbocycles. The summed E-state index contributed by atoms with van der Waals surface area (Å²) in [7, 11) is 1.70. The van der Waals surface area contributed by atoms with Crippen molar-refractivity contribution >= 4 is 17.3 Å². The van der Waals surface area contributed by atoms with Crippen molar-refractivity contribution in [1.82, 2.24) is 18.9 Å². The van der Waals surface area contributed by atoms with Crippen molar-refractivity contribution < 1.29 is 0 Å². The van der Waals surface area contributed by atoms with Gasteiger partial charge in [-0.25, -0.2) is 4.79 Å². The third kappa shape index (κ3) is 2.24. The second-order valence-corrected chi connectivity index (χ2v) is 4.88. The fourth-order valence-electron chi connectivity index (χ4n) is 2.05. The third-order valence-electron chi connectivity index (χ3n) is 3.19. The summed E-state index contributed by atoms with van der Waals surface area (Å²) in [6, 6.07) is 0. The van der Waals surface area contributed by atoms with E-state index in [1.165, 1.54) is 15.4 Å². The Morgan fingerprint density at radius 1 is 1.40 bits per heavy atom. The SMILES string of the molecule is CCn1cc(N)c(=O)n(Cc2c(C)nn(C)c2Cl)c1=O. The fraction of sp³-hybridized carbons (Fsp3) is 0.417. The monoisotopic (exact) mass is 297 g/mol. The highest BCUT2D eigenvalue weighted by Gasteiger charge is 2.15. The molecule has 0 bridgehead atoms. The van der Waals surface area contributed by atoms with E-state index in [1.54, 1.807) is 20.9 Å². The summed E-state index contributed by atoms with van der Waals surface area (Å²) in [6.45, 7) is 4.07. The lowest BCUT2D eigenvalue weighted by atomic mass is 10.2. The van der Waals surface area contributed by atoms with E-state index in [1.807, 2.05) is 0 Å². The minimum absolute atomic E-state index is 0.0316. The summed E-state index contributed by atoms with van der Waals surface area (Å²) >= 11 is 6.13. The second kappa shape index (κ2) is 5.16.